The van der Waals surface area contributed by atoms with Gasteiger partial charge in [-0.2, -0.15) is 0 Å². The first kappa shape index (κ1) is 19.0. The van der Waals surface area contributed by atoms with E-state index in [0.717, 1.165) is 16.6 Å². The van der Waals surface area contributed by atoms with Crippen LogP contribution < -0.4 is 5.73 Å². The first-order chi connectivity index (χ1) is 12.7. The van der Waals surface area contributed by atoms with E-state index in [0.29, 0.717) is 12.1 Å². The Morgan fingerprint density at radius 3 is 1.93 bits per heavy atom. The number of fused-ring (bicyclic) bond motifs is 1. The third-order valence-electron chi connectivity index (χ3n) is 3.32. The molecule has 0 aliphatic carbocycles. The molecule has 138 valence electrons. The Labute approximate surface area is 149 Å². The second-order valence-corrected chi connectivity index (χ2v) is 5.03. The van der Waals surface area contributed by atoms with Gasteiger partial charge in [-0.1, -0.05) is 18.2 Å². The largest absolute Gasteiger partial charge is 0.497 e. The van der Waals surface area contributed by atoms with E-state index in [1.807, 2.05) is 30.3 Å². The van der Waals surface area contributed by atoms with E-state index < -0.39 is 37.6 Å². The number of nitrogen functional groups attached to an aromatic ring is 1. The minimum absolute atomic E-state index is 0.447. The Morgan fingerprint density at radius 1 is 0.889 bits per heavy atom. The van der Waals surface area contributed by atoms with Crippen molar-refractivity contribution in [2.24, 2.45) is 0 Å². The fraction of sp³-hybridized carbons (Fsp3) is 0. The highest BCUT2D eigenvalue weighted by Crippen LogP contribution is 2.38. The van der Waals surface area contributed by atoms with Crippen molar-refractivity contribution in [1.29, 1.82) is 0 Å². The monoisotopic (exact) mass is 373 g/mol. The molecule has 0 saturated heterocycles. The number of nitrogens with zero attached hydrogens (tertiary/aromatic N) is 4. The first-order valence-corrected chi connectivity index (χ1v) is 7.11. The lowest BCUT2D eigenvalue weighted by Gasteiger charge is -1.97. The van der Waals surface area contributed by atoms with Gasteiger partial charge in [0, 0.05) is 11.6 Å². The molecule has 0 radical (unpaired) electrons. The summed E-state index contributed by atoms with van der Waals surface area (Å²) in [7, 11) is 0. The van der Waals surface area contributed by atoms with Crippen LogP contribution in [0.15, 0.2) is 48.7 Å². The van der Waals surface area contributed by atoms with Crippen LogP contribution in [0.4, 0.5) is 22.7 Å². The summed E-state index contributed by atoms with van der Waals surface area (Å²) < 4.78 is 0. The molecule has 3 N–H and O–H groups in total. The van der Waals surface area contributed by atoms with Crippen LogP contribution in [0.1, 0.15) is 0 Å². The van der Waals surface area contributed by atoms with Crippen molar-refractivity contribution >= 4 is 33.7 Å². The van der Waals surface area contributed by atoms with Crippen LogP contribution in [0.25, 0.3) is 10.9 Å². The number of aromatic nitrogens is 1. The molecular formula is C15H11N5O7. The second-order valence-electron chi connectivity index (χ2n) is 5.03. The van der Waals surface area contributed by atoms with Crippen LogP contribution in [-0.2, 0) is 0 Å². The number of anilines is 1. The Kier molecular flexibility index (Phi) is 5.41. The number of non-ortho nitro benzene ring substituents is 1. The van der Waals surface area contributed by atoms with Crippen molar-refractivity contribution in [1.82, 2.24) is 4.98 Å². The molecule has 0 aliphatic heterocycles. The number of phenolic OH excluding ortho intramolecular Hbond substituents is 1. The van der Waals surface area contributed by atoms with Gasteiger partial charge in [0.1, 0.15) is 0 Å². The fourth-order valence-electron chi connectivity index (χ4n) is 2.10. The third kappa shape index (κ3) is 4.19. The topological polar surface area (TPSA) is 189 Å². The zero-order valence-electron chi connectivity index (χ0n) is 13.4. The summed E-state index contributed by atoms with van der Waals surface area (Å²) >= 11 is 0. The summed E-state index contributed by atoms with van der Waals surface area (Å²) in [5, 5.41) is 41.3. The number of hydrogen-bond acceptors (Lipinski definition) is 9. The van der Waals surface area contributed by atoms with Crippen molar-refractivity contribution in [3.63, 3.8) is 0 Å². The van der Waals surface area contributed by atoms with Crippen molar-refractivity contribution in [3.05, 3.63) is 79.0 Å². The molecule has 2 aromatic carbocycles. The molecule has 0 spiro atoms. The van der Waals surface area contributed by atoms with Gasteiger partial charge in [-0.15, -0.1) is 0 Å². The predicted molar refractivity (Wildman–Crippen MR) is 94.2 cm³/mol. The van der Waals surface area contributed by atoms with Crippen molar-refractivity contribution in [3.8, 4) is 5.75 Å². The number of benzene rings is 2. The highest BCUT2D eigenvalue weighted by Gasteiger charge is 2.30. The molecule has 0 unspecified atom stereocenters. The summed E-state index contributed by atoms with van der Waals surface area (Å²) in [4.78, 5) is 31.9. The Hall–Kier alpha value is -4.35. The summed E-state index contributed by atoms with van der Waals surface area (Å²) in [6, 6.07) is 10.6. The normalized spacial score (nSPS) is 9.93. The van der Waals surface area contributed by atoms with Gasteiger partial charge in [0.2, 0.25) is 0 Å². The molecule has 3 rings (SSSR count). The van der Waals surface area contributed by atoms with E-state index in [4.69, 9.17) is 10.8 Å². The molecule has 0 aliphatic rings. The van der Waals surface area contributed by atoms with E-state index in [-0.39, 0.29) is 0 Å². The summed E-state index contributed by atoms with van der Waals surface area (Å²) in [6.45, 7) is 0. The average Bonchev–Trinajstić information content (AvgIpc) is 2.62. The second kappa shape index (κ2) is 7.69. The van der Waals surface area contributed by atoms with Crippen LogP contribution in [0.5, 0.6) is 5.75 Å². The molecule has 12 nitrogen and oxygen atoms in total. The number of nitrogens with two attached hydrogens (primary N) is 1. The average molecular weight is 373 g/mol. The zero-order valence-corrected chi connectivity index (χ0v) is 13.4. The van der Waals surface area contributed by atoms with Crippen molar-refractivity contribution in [2.45, 2.75) is 0 Å². The fourth-order valence-corrected chi connectivity index (χ4v) is 2.10. The SMILES string of the molecule is Nc1cccc2cccnc12.O=[N+]([O-])c1cc([N+](=O)[O-])c(O)c([N+](=O)[O-])c1. The number of pyridine rings is 1. The summed E-state index contributed by atoms with van der Waals surface area (Å²) in [5.74, 6) is -1.21. The Bertz CT molecular complexity index is 1010. The number of rotatable bonds is 3. The molecule has 1 aromatic heterocycles. The molecule has 3 aromatic rings. The number of nitro benzene ring substituents is 3. The maximum atomic E-state index is 10.4. The summed E-state index contributed by atoms with van der Waals surface area (Å²) in [5.41, 5.74) is 4.32. The zero-order chi connectivity index (χ0) is 20.1. The van der Waals surface area contributed by atoms with E-state index in [1.54, 1.807) is 6.20 Å². The lowest BCUT2D eigenvalue weighted by atomic mass is 10.2. The van der Waals surface area contributed by atoms with Crippen molar-refractivity contribution < 1.29 is 19.9 Å². The van der Waals surface area contributed by atoms with Crippen LogP contribution in [-0.4, -0.2) is 24.9 Å². The smallest absolute Gasteiger partial charge is 0.324 e. The molecule has 0 atom stereocenters. The Morgan fingerprint density at radius 2 is 1.44 bits per heavy atom. The lowest BCUT2D eigenvalue weighted by Crippen LogP contribution is -1.97. The third-order valence-corrected chi connectivity index (χ3v) is 3.32. The molecule has 0 saturated carbocycles. The van der Waals surface area contributed by atoms with Crippen LogP contribution in [0, 0.1) is 30.3 Å². The number of nitro groups is 3. The molecule has 12 heteroatoms. The van der Waals surface area contributed by atoms with Crippen LogP contribution in [0.2, 0.25) is 0 Å². The van der Waals surface area contributed by atoms with Gasteiger partial charge in [-0.3, -0.25) is 35.3 Å². The quantitative estimate of drug-likeness (QED) is 0.395. The number of hydrogen-bond donors (Lipinski definition) is 2. The van der Waals surface area contributed by atoms with Crippen LogP contribution in [0.3, 0.4) is 0 Å². The maximum Gasteiger partial charge on any atom is 0.324 e. The highest BCUT2D eigenvalue weighted by atomic mass is 16.6. The van der Waals surface area contributed by atoms with Crippen molar-refractivity contribution in [2.75, 3.05) is 5.73 Å². The number of para-hydroxylation sites is 1. The highest BCUT2D eigenvalue weighted by molar-refractivity contribution is 5.88. The summed E-state index contributed by atoms with van der Waals surface area (Å²) in [6.07, 6.45) is 1.75. The Balaban J connectivity index is 0.000000206. The van der Waals surface area contributed by atoms with Gasteiger partial charge < -0.3 is 10.8 Å². The van der Waals surface area contributed by atoms with E-state index in [2.05, 4.69) is 4.98 Å². The van der Waals surface area contributed by atoms with Gasteiger partial charge in [0.25, 0.3) is 11.4 Å². The molecule has 1 heterocycles. The van der Waals surface area contributed by atoms with Gasteiger partial charge in [0.05, 0.1) is 38.1 Å². The molecule has 0 fully saturated rings. The van der Waals surface area contributed by atoms with E-state index in [9.17, 15) is 30.3 Å². The minimum Gasteiger partial charge on any atom is -0.497 e. The number of aromatic hydroxyl groups is 1. The minimum atomic E-state index is -1.21. The maximum absolute atomic E-state index is 10.4. The predicted octanol–water partition coefficient (Wildman–Crippen LogP) is 2.93. The van der Waals surface area contributed by atoms with Gasteiger partial charge in [0.15, 0.2) is 0 Å². The molecule has 27 heavy (non-hydrogen) atoms. The standard InChI is InChI=1S/C9H8N2.C6H3N3O7/c10-8-5-1-3-7-4-2-6-11-9(7)8;10-6-4(8(13)14)1-3(7(11)12)2-5(6)9(15)16/h1-6H,10H2;1-2,10H. The van der Waals surface area contributed by atoms with Gasteiger partial charge in [-0.05, 0) is 12.1 Å². The molecule has 0 amide bonds. The van der Waals surface area contributed by atoms with Gasteiger partial charge >= 0.3 is 11.4 Å². The molecule has 0 bridgehead atoms. The van der Waals surface area contributed by atoms with E-state index >= 15 is 0 Å². The lowest BCUT2D eigenvalue weighted by molar-refractivity contribution is -0.404. The van der Waals surface area contributed by atoms with E-state index in [1.165, 1.54) is 0 Å². The first-order valence-electron chi connectivity index (χ1n) is 7.11. The van der Waals surface area contributed by atoms with Gasteiger partial charge in [-0.25, -0.2) is 0 Å². The van der Waals surface area contributed by atoms with Crippen LogP contribution >= 0.6 is 0 Å². The number of phenols is 1. The molecular weight excluding hydrogens is 362 g/mol.